The highest BCUT2D eigenvalue weighted by Crippen LogP contribution is 2.02. The van der Waals surface area contributed by atoms with Gasteiger partial charge in [0, 0.05) is 38.2 Å². The van der Waals surface area contributed by atoms with Gasteiger partial charge in [-0.15, -0.1) is 0 Å². The highest BCUT2D eigenvalue weighted by molar-refractivity contribution is 6.30. The van der Waals surface area contributed by atoms with E-state index in [4.69, 9.17) is 15.1 Å². The Balaban J connectivity index is 0.000000358. The molecule has 150 valence electrons. The summed E-state index contributed by atoms with van der Waals surface area (Å²) in [5.41, 5.74) is 3.48. The van der Waals surface area contributed by atoms with E-state index in [9.17, 15) is 0 Å². The number of hydrogen-bond donors (Lipinski definition) is 6. The summed E-state index contributed by atoms with van der Waals surface area (Å²) in [6, 6.07) is 30.2. The Labute approximate surface area is 168 Å². The Morgan fingerprint density at radius 3 is 0.750 bits per heavy atom. The fraction of sp³-hybridized carbons (Fsp3) is 0.143. The molecule has 0 aromatic heterocycles. The molecular formula is C21H30BN3O3. The van der Waals surface area contributed by atoms with E-state index in [1.54, 1.807) is 0 Å². The molecule has 0 heterocycles. The molecule has 0 aliphatic carbocycles. The standard InChI is InChI=1S/3C7H9N.BH3O3/c3*1-8-7-5-3-2-4-6-7;2-1(3)4/h3*2-6,8H,1H3;2-4H. The smallest absolute Gasteiger partial charge is 0.402 e. The van der Waals surface area contributed by atoms with Gasteiger partial charge in [-0.05, 0) is 36.4 Å². The summed E-state index contributed by atoms with van der Waals surface area (Å²) >= 11 is 0. The summed E-state index contributed by atoms with van der Waals surface area (Å²) in [6.07, 6.45) is 0. The molecule has 3 rings (SSSR count). The minimum Gasteiger partial charge on any atom is -0.402 e. The van der Waals surface area contributed by atoms with Crippen molar-refractivity contribution in [1.29, 1.82) is 0 Å². The van der Waals surface area contributed by atoms with Gasteiger partial charge >= 0.3 is 7.32 Å². The lowest BCUT2D eigenvalue weighted by Gasteiger charge is -1.94. The van der Waals surface area contributed by atoms with Crippen molar-refractivity contribution in [3.63, 3.8) is 0 Å². The van der Waals surface area contributed by atoms with E-state index in [0.29, 0.717) is 0 Å². The monoisotopic (exact) mass is 383 g/mol. The van der Waals surface area contributed by atoms with Crippen molar-refractivity contribution < 1.29 is 15.1 Å². The molecule has 0 unspecified atom stereocenters. The van der Waals surface area contributed by atoms with Crippen molar-refractivity contribution in [1.82, 2.24) is 0 Å². The molecule has 0 radical (unpaired) electrons. The van der Waals surface area contributed by atoms with E-state index in [2.05, 4.69) is 16.0 Å². The molecule has 0 aliphatic heterocycles. The molecule has 0 atom stereocenters. The van der Waals surface area contributed by atoms with Crippen molar-refractivity contribution in [3.05, 3.63) is 91.0 Å². The topological polar surface area (TPSA) is 96.8 Å². The molecule has 3 aromatic rings. The molecule has 0 aliphatic rings. The maximum absolute atomic E-state index is 7.17. The Hall–Kier alpha value is -3.00. The molecule has 3 aromatic carbocycles. The van der Waals surface area contributed by atoms with Crippen molar-refractivity contribution >= 4 is 24.4 Å². The molecule has 0 saturated carbocycles. The average Bonchev–Trinajstić information content (AvgIpc) is 2.76. The van der Waals surface area contributed by atoms with Gasteiger partial charge in [-0.1, -0.05) is 54.6 Å². The Morgan fingerprint density at radius 2 is 0.643 bits per heavy atom. The number of rotatable bonds is 3. The molecule has 0 saturated heterocycles. The van der Waals surface area contributed by atoms with Crippen LogP contribution in [0.15, 0.2) is 91.0 Å². The molecule has 0 spiro atoms. The zero-order valence-corrected chi connectivity index (χ0v) is 16.6. The van der Waals surface area contributed by atoms with Gasteiger partial charge in [0.05, 0.1) is 0 Å². The van der Waals surface area contributed by atoms with Gasteiger partial charge in [0.15, 0.2) is 0 Å². The summed E-state index contributed by atoms with van der Waals surface area (Å²) in [5, 5.41) is 30.6. The summed E-state index contributed by atoms with van der Waals surface area (Å²) in [5.74, 6) is 0. The van der Waals surface area contributed by atoms with Gasteiger partial charge in [-0.3, -0.25) is 0 Å². The highest BCUT2D eigenvalue weighted by Gasteiger charge is 1.92. The van der Waals surface area contributed by atoms with Crippen molar-refractivity contribution in [2.75, 3.05) is 37.1 Å². The highest BCUT2D eigenvalue weighted by atomic mass is 16.5. The summed E-state index contributed by atoms with van der Waals surface area (Å²) in [7, 11) is 3.57. The summed E-state index contributed by atoms with van der Waals surface area (Å²) in [4.78, 5) is 0. The number of para-hydroxylation sites is 3. The second-order valence-corrected chi connectivity index (χ2v) is 5.19. The van der Waals surface area contributed by atoms with Crippen LogP contribution in [0.4, 0.5) is 17.1 Å². The quantitative estimate of drug-likeness (QED) is 0.389. The van der Waals surface area contributed by atoms with Gasteiger partial charge in [0.1, 0.15) is 0 Å². The lowest BCUT2D eigenvalue weighted by atomic mass is 10.3. The van der Waals surface area contributed by atoms with E-state index in [0.717, 1.165) is 17.1 Å². The molecule has 6 nitrogen and oxygen atoms in total. The molecule has 0 amide bonds. The fourth-order valence-corrected chi connectivity index (χ4v) is 1.81. The van der Waals surface area contributed by atoms with Crippen LogP contribution < -0.4 is 16.0 Å². The maximum Gasteiger partial charge on any atom is 0.631 e. The maximum atomic E-state index is 7.17. The van der Waals surface area contributed by atoms with Gasteiger partial charge in [0.2, 0.25) is 0 Å². The van der Waals surface area contributed by atoms with Gasteiger partial charge < -0.3 is 31.0 Å². The zero-order valence-electron chi connectivity index (χ0n) is 16.6. The summed E-state index contributed by atoms with van der Waals surface area (Å²) < 4.78 is 0. The van der Waals surface area contributed by atoms with Gasteiger partial charge in [0.25, 0.3) is 0 Å². The first-order valence-corrected chi connectivity index (χ1v) is 8.76. The van der Waals surface area contributed by atoms with Crippen LogP contribution in [0.5, 0.6) is 0 Å². The first-order chi connectivity index (χ1) is 13.5. The van der Waals surface area contributed by atoms with Crippen LogP contribution >= 0.6 is 0 Å². The van der Waals surface area contributed by atoms with Crippen LogP contribution in [0.25, 0.3) is 0 Å². The number of hydrogen-bond acceptors (Lipinski definition) is 6. The van der Waals surface area contributed by atoms with Crippen LogP contribution in [-0.4, -0.2) is 43.5 Å². The predicted octanol–water partition coefficient (Wildman–Crippen LogP) is 3.13. The van der Waals surface area contributed by atoms with E-state index >= 15 is 0 Å². The molecular weight excluding hydrogens is 353 g/mol. The van der Waals surface area contributed by atoms with Crippen molar-refractivity contribution in [2.24, 2.45) is 0 Å². The molecule has 0 fully saturated rings. The van der Waals surface area contributed by atoms with Crippen LogP contribution in [-0.2, 0) is 0 Å². The largest absolute Gasteiger partial charge is 0.631 e. The summed E-state index contributed by atoms with van der Waals surface area (Å²) in [6.45, 7) is 0. The van der Waals surface area contributed by atoms with Gasteiger partial charge in [-0.25, -0.2) is 0 Å². The van der Waals surface area contributed by atoms with Gasteiger partial charge in [-0.2, -0.15) is 0 Å². The van der Waals surface area contributed by atoms with E-state index < -0.39 is 7.32 Å². The third-order valence-corrected chi connectivity index (χ3v) is 3.19. The SMILES string of the molecule is CNc1ccccc1.CNc1ccccc1.CNc1ccccc1.OB(O)O. The predicted molar refractivity (Wildman–Crippen MR) is 120 cm³/mol. The van der Waals surface area contributed by atoms with Crippen LogP contribution in [0.3, 0.4) is 0 Å². The molecule has 28 heavy (non-hydrogen) atoms. The molecule has 0 bridgehead atoms. The van der Waals surface area contributed by atoms with Crippen LogP contribution in [0, 0.1) is 0 Å². The lowest BCUT2D eigenvalue weighted by Crippen LogP contribution is -2.07. The van der Waals surface area contributed by atoms with Crippen molar-refractivity contribution in [3.8, 4) is 0 Å². The van der Waals surface area contributed by atoms with Crippen molar-refractivity contribution in [2.45, 2.75) is 0 Å². The van der Waals surface area contributed by atoms with Crippen LogP contribution in [0.2, 0.25) is 0 Å². The van der Waals surface area contributed by atoms with Crippen LogP contribution in [0.1, 0.15) is 0 Å². The average molecular weight is 383 g/mol. The molecule has 6 N–H and O–H groups in total. The Morgan fingerprint density at radius 1 is 0.464 bits per heavy atom. The lowest BCUT2D eigenvalue weighted by molar-refractivity contribution is 0.278. The Kier molecular flexibility index (Phi) is 15.6. The third kappa shape index (κ3) is 15.3. The van der Waals surface area contributed by atoms with E-state index in [1.807, 2.05) is 112 Å². The normalized spacial score (nSPS) is 8.36. The van der Waals surface area contributed by atoms with E-state index in [-0.39, 0.29) is 0 Å². The minimum absolute atomic E-state index is 1.16. The van der Waals surface area contributed by atoms with E-state index in [1.165, 1.54) is 0 Å². The minimum atomic E-state index is -2.17. The number of anilines is 3. The first kappa shape index (κ1) is 25.0. The first-order valence-electron chi connectivity index (χ1n) is 8.76. The fourth-order valence-electron chi connectivity index (χ4n) is 1.81. The Bertz CT molecular complexity index is 590. The molecule has 7 heteroatoms. The number of nitrogens with one attached hydrogen (secondary N) is 3. The third-order valence-electron chi connectivity index (χ3n) is 3.19. The second kappa shape index (κ2) is 17.4. The zero-order chi connectivity index (χ0) is 21.0. The second-order valence-electron chi connectivity index (χ2n) is 5.19. The number of benzene rings is 3.